The summed E-state index contributed by atoms with van der Waals surface area (Å²) in [4.78, 5) is 13.6. The van der Waals surface area contributed by atoms with Crippen molar-refractivity contribution >= 4 is 5.78 Å². The summed E-state index contributed by atoms with van der Waals surface area (Å²) >= 11 is 0. The summed E-state index contributed by atoms with van der Waals surface area (Å²) in [7, 11) is 0. The van der Waals surface area contributed by atoms with Crippen molar-refractivity contribution in [3.8, 4) is 0 Å². The maximum atomic E-state index is 13.6. The van der Waals surface area contributed by atoms with Crippen molar-refractivity contribution in [2.45, 2.75) is 77.0 Å². The second-order valence-electron chi connectivity index (χ2n) is 8.47. The Kier molecular flexibility index (Phi) is 4.98. The van der Waals surface area contributed by atoms with Gasteiger partial charge in [-0.2, -0.15) is 0 Å². The van der Waals surface area contributed by atoms with Crippen LogP contribution in [0.2, 0.25) is 0 Å². The second kappa shape index (κ2) is 7.39. The van der Waals surface area contributed by atoms with Gasteiger partial charge in [0.05, 0.1) is 0 Å². The zero-order chi connectivity index (χ0) is 18.1. The standard InChI is InChI=1S/C25H30O/c1-17-11-13-21(23(15-17)19-7-3-4-8-19)25(26)22-14-12-18(2)16-24(22)20-9-5-6-10-20/h11-16,19-20H,3-10H2,1-2H3. The van der Waals surface area contributed by atoms with Gasteiger partial charge >= 0.3 is 0 Å². The third kappa shape index (κ3) is 3.37. The van der Waals surface area contributed by atoms with Crippen LogP contribution >= 0.6 is 0 Å². The quantitative estimate of drug-likeness (QED) is 0.553. The van der Waals surface area contributed by atoms with Gasteiger partial charge < -0.3 is 0 Å². The van der Waals surface area contributed by atoms with E-state index in [1.807, 2.05) is 0 Å². The molecule has 0 radical (unpaired) electrons. The fourth-order valence-corrected chi connectivity index (χ4v) is 5.07. The third-order valence-corrected chi connectivity index (χ3v) is 6.49. The molecule has 1 nitrogen and oxygen atoms in total. The lowest BCUT2D eigenvalue weighted by molar-refractivity contribution is 0.103. The van der Waals surface area contributed by atoms with E-state index in [-0.39, 0.29) is 5.78 Å². The van der Waals surface area contributed by atoms with Crippen LogP contribution in [0.1, 0.15) is 101 Å². The van der Waals surface area contributed by atoms with E-state index in [1.54, 1.807) is 0 Å². The monoisotopic (exact) mass is 346 g/mol. The summed E-state index contributed by atoms with van der Waals surface area (Å²) in [5.41, 5.74) is 7.03. The van der Waals surface area contributed by atoms with Gasteiger partial charge in [0.15, 0.2) is 5.78 Å². The highest BCUT2D eigenvalue weighted by Crippen LogP contribution is 2.39. The topological polar surface area (TPSA) is 17.1 Å². The van der Waals surface area contributed by atoms with Crippen molar-refractivity contribution in [3.05, 3.63) is 69.8 Å². The van der Waals surface area contributed by atoms with Crippen molar-refractivity contribution in [2.75, 3.05) is 0 Å². The lowest BCUT2D eigenvalue weighted by Gasteiger charge is -2.19. The van der Waals surface area contributed by atoms with Crippen molar-refractivity contribution < 1.29 is 4.79 Å². The first-order valence-corrected chi connectivity index (χ1v) is 10.4. The zero-order valence-electron chi connectivity index (χ0n) is 16.2. The largest absolute Gasteiger partial charge is 0.289 e. The molecule has 1 heteroatoms. The van der Waals surface area contributed by atoms with E-state index in [0.717, 1.165) is 11.1 Å². The van der Waals surface area contributed by atoms with Crippen LogP contribution in [-0.4, -0.2) is 5.78 Å². The van der Waals surface area contributed by atoms with E-state index in [0.29, 0.717) is 11.8 Å². The number of hydrogen-bond donors (Lipinski definition) is 0. The van der Waals surface area contributed by atoms with Gasteiger partial charge in [-0.3, -0.25) is 4.79 Å². The van der Waals surface area contributed by atoms with E-state index in [2.05, 4.69) is 50.2 Å². The molecular weight excluding hydrogens is 316 g/mol. The molecule has 136 valence electrons. The number of aryl methyl sites for hydroxylation is 2. The van der Waals surface area contributed by atoms with Crippen LogP contribution in [0, 0.1) is 13.8 Å². The first-order valence-electron chi connectivity index (χ1n) is 10.4. The maximum absolute atomic E-state index is 13.6. The van der Waals surface area contributed by atoms with E-state index in [4.69, 9.17) is 0 Å². The van der Waals surface area contributed by atoms with E-state index < -0.39 is 0 Å². The molecule has 2 fully saturated rings. The Labute approximate surface area is 157 Å². The van der Waals surface area contributed by atoms with Gasteiger partial charge in [-0.15, -0.1) is 0 Å². The number of benzene rings is 2. The van der Waals surface area contributed by atoms with Crippen LogP contribution < -0.4 is 0 Å². The molecule has 0 amide bonds. The molecule has 0 unspecified atom stereocenters. The summed E-state index contributed by atoms with van der Waals surface area (Å²) in [6.45, 7) is 4.28. The second-order valence-corrected chi connectivity index (χ2v) is 8.47. The molecule has 0 heterocycles. The summed E-state index contributed by atoms with van der Waals surface area (Å²) in [5.74, 6) is 1.37. The van der Waals surface area contributed by atoms with Crippen LogP contribution in [0.5, 0.6) is 0 Å². The Morgan fingerprint density at radius 1 is 0.692 bits per heavy atom. The lowest BCUT2D eigenvalue weighted by Crippen LogP contribution is -2.12. The molecule has 2 saturated carbocycles. The zero-order valence-corrected chi connectivity index (χ0v) is 16.2. The molecule has 4 rings (SSSR count). The molecule has 2 aliphatic carbocycles. The van der Waals surface area contributed by atoms with Crippen LogP contribution in [0.3, 0.4) is 0 Å². The highest BCUT2D eigenvalue weighted by molar-refractivity contribution is 6.11. The van der Waals surface area contributed by atoms with Gasteiger partial charge in [0, 0.05) is 11.1 Å². The molecular formula is C25H30O. The van der Waals surface area contributed by atoms with Crippen molar-refractivity contribution in [1.82, 2.24) is 0 Å². The van der Waals surface area contributed by atoms with Crippen molar-refractivity contribution in [1.29, 1.82) is 0 Å². The van der Waals surface area contributed by atoms with Crippen molar-refractivity contribution in [2.24, 2.45) is 0 Å². The Bertz CT molecular complexity index is 737. The molecule has 0 aliphatic heterocycles. The molecule has 0 saturated heterocycles. The first kappa shape index (κ1) is 17.5. The van der Waals surface area contributed by atoms with Gasteiger partial charge in [0.25, 0.3) is 0 Å². The van der Waals surface area contributed by atoms with E-state index >= 15 is 0 Å². The molecule has 0 N–H and O–H groups in total. The van der Waals surface area contributed by atoms with Gasteiger partial charge in [-0.25, -0.2) is 0 Å². The Morgan fingerprint density at radius 3 is 1.46 bits per heavy atom. The van der Waals surface area contributed by atoms with Crippen LogP contribution in [0.25, 0.3) is 0 Å². The molecule has 2 aliphatic rings. The summed E-state index contributed by atoms with van der Waals surface area (Å²) < 4.78 is 0. The van der Waals surface area contributed by atoms with Crippen LogP contribution in [-0.2, 0) is 0 Å². The normalized spacial score (nSPS) is 18.5. The molecule has 0 bridgehead atoms. The minimum Gasteiger partial charge on any atom is -0.289 e. The Balaban J connectivity index is 1.77. The number of rotatable bonds is 4. The van der Waals surface area contributed by atoms with E-state index in [9.17, 15) is 4.79 Å². The average Bonchev–Trinajstić information content (AvgIpc) is 3.35. The third-order valence-electron chi connectivity index (χ3n) is 6.49. The number of carbonyl (C=O) groups excluding carboxylic acids is 1. The van der Waals surface area contributed by atoms with Gasteiger partial charge in [0.2, 0.25) is 0 Å². The van der Waals surface area contributed by atoms with Gasteiger partial charge in [-0.1, -0.05) is 73.2 Å². The molecule has 0 atom stereocenters. The minimum absolute atomic E-state index is 0.244. The predicted molar refractivity (Wildman–Crippen MR) is 108 cm³/mol. The van der Waals surface area contributed by atoms with E-state index in [1.165, 1.54) is 73.6 Å². The predicted octanol–water partition coefficient (Wildman–Crippen LogP) is 6.85. The lowest BCUT2D eigenvalue weighted by atomic mass is 9.84. The van der Waals surface area contributed by atoms with Crippen LogP contribution in [0.4, 0.5) is 0 Å². The molecule has 0 spiro atoms. The highest BCUT2D eigenvalue weighted by Gasteiger charge is 2.27. The summed E-state index contributed by atoms with van der Waals surface area (Å²) in [5, 5.41) is 0. The molecule has 0 aromatic heterocycles. The smallest absolute Gasteiger partial charge is 0.193 e. The molecule has 2 aromatic carbocycles. The Morgan fingerprint density at radius 2 is 1.08 bits per heavy atom. The maximum Gasteiger partial charge on any atom is 0.193 e. The highest BCUT2D eigenvalue weighted by atomic mass is 16.1. The number of hydrogen-bond acceptors (Lipinski definition) is 1. The van der Waals surface area contributed by atoms with Gasteiger partial charge in [0.1, 0.15) is 0 Å². The molecule has 26 heavy (non-hydrogen) atoms. The van der Waals surface area contributed by atoms with Crippen LogP contribution in [0.15, 0.2) is 36.4 Å². The summed E-state index contributed by atoms with van der Waals surface area (Å²) in [6, 6.07) is 12.9. The molecule has 2 aromatic rings. The summed E-state index contributed by atoms with van der Waals surface area (Å²) in [6.07, 6.45) is 10.1. The minimum atomic E-state index is 0.244. The fourth-order valence-electron chi connectivity index (χ4n) is 5.07. The van der Waals surface area contributed by atoms with Gasteiger partial charge in [-0.05, 0) is 62.5 Å². The SMILES string of the molecule is Cc1ccc(C(=O)c2ccc(C)cc2C2CCCC2)c(C2CCCC2)c1. The Hall–Kier alpha value is -1.89. The van der Waals surface area contributed by atoms with Crippen molar-refractivity contribution in [3.63, 3.8) is 0 Å². The number of ketones is 1. The fraction of sp³-hybridized carbons (Fsp3) is 0.480. The average molecular weight is 347 g/mol. The number of carbonyl (C=O) groups is 1. The first-order chi connectivity index (χ1) is 12.6.